The molecule has 2 aromatic heterocycles. The molecule has 1 unspecified atom stereocenters. The number of alkyl halides is 6. The number of allylic oxidation sites excluding steroid dienone is 2. The van der Waals surface area contributed by atoms with Gasteiger partial charge in [0.2, 0.25) is 5.60 Å². The number of hydrogen-bond acceptors (Lipinski definition) is 7. The zero-order valence-corrected chi connectivity index (χ0v) is 23.6. The maximum absolute atomic E-state index is 14.9. The minimum absolute atomic E-state index is 0.102. The second-order valence-corrected chi connectivity index (χ2v) is 10.9. The molecule has 1 aliphatic rings. The Labute approximate surface area is 243 Å². The minimum Gasteiger partial charge on any atom is -0.444 e. The number of halogens is 6. The molecule has 4 bridgehead atoms. The molecule has 1 aliphatic heterocycles. The highest BCUT2D eigenvalue weighted by Gasteiger charge is 2.61. The van der Waals surface area contributed by atoms with Crippen LogP contribution >= 0.6 is 0 Å². The number of carbonyl (C=O) groups excluding carboxylic acids is 1. The largest absolute Gasteiger partial charge is 0.444 e. The van der Waals surface area contributed by atoms with E-state index in [0.717, 1.165) is 0 Å². The van der Waals surface area contributed by atoms with Crippen molar-refractivity contribution in [3.8, 4) is 11.6 Å². The number of carbonyl (C=O) groups is 1. The maximum atomic E-state index is 14.9. The molecule has 3 aromatic rings. The van der Waals surface area contributed by atoms with Crippen molar-refractivity contribution in [3.05, 3.63) is 71.3 Å². The van der Waals surface area contributed by atoms with Crippen molar-refractivity contribution in [3.63, 3.8) is 0 Å². The summed E-state index contributed by atoms with van der Waals surface area (Å²) in [6.07, 6.45) is -8.24. The zero-order valence-electron chi connectivity index (χ0n) is 23.6. The fourth-order valence-corrected chi connectivity index (χ4v) is 4.42. The second kappa shape index (κ2) is 12.3. The summed E-state index contributed by atoms with van der Waals surface area (Å²) in [6, 6.07) is 8.81. The van der Waals surface area contributed by atoms with E-state index in [1.165, 1.54) is 6.08 Å². The highest BCUT2D eigenvalue weighted by Crippen LogP contribution is 2.47. The molecule has 0 spiro atoms. The highest BCUT2D eigenvalue weighted by molar-refractivity contribution is 5.89. The quantitative estimate of drug-likeness (QED) is 0.235. The topological polar surface area (TPSA) is 99.4 Å². The average Bonchev–Trinajstić information content (AvgIpc) is 3.38. The first-order valence-corrected chi connectivity index (χ1v) is 13.4. The molecule has 1 atom stereocenters. The van der Waals surface area contributed by atoms with Crippen LogP contribution in [0.2, 0.25) is 0 Å². The van der Waals surface area contributed by atoms with Crippen molar-refractivity contribution in [1.29, 1.82) is 0 Å². The van der Waals surface area contributed by atoms with Gasteiger partial charge in [0.1, 0.15) is 5.60 Å². The van der Waals surface area contributed by atoms with Crippen LogP contribution in [-0.4, -0.2) is 33.1 Å². The first-order valence-electron chi connectivity index (χ1n) is 13.4. The Morgan fingerprint density at radius 1 is 1.02 bits per heavy atom. The SMILES string of the molecule is CC(C)(C)OC(=O)Nc1cc(C(F)(F)F)c2nc1-c1nnc(o1)C(OCc1ccccc1)(C(F)(F)F)CCC=CCCC2. The van der Waals surface area contributed by atoms with Gasteiger partial charge >= 0.3 is 18.4 Å². The highest BCUT2D eigenvalue weighted by atomic mass is 19.4. The second-order valence-electron chi connectivity index (χ2n) is 10.9. The Balaban J connectivity index is 1.88. The summed E-state index contributed by atoms with van der Waals surface area (Å²) in [5.74, 6) is -1.59. The number of nitrogens with one attached hydrogen (secondary N) is 1. The monoisotopic (exact) mass is 612 g/mol. The normalized spacial score (nSPS) is 18.2. The van der Waals surface area contributed by atoms with Gasteiger partial charge in [0.25, 0.3) is 11.8 Å². The standard InChI is InChI=1S/C29H30F6N4O4/c1-26(2,3)43-25(40)37-21-16-19(28(30,31)32)20-14-10-5-4-6-11-15-27(29(33,34)35,41-17-18-12-8-7-9-13-18)24-39-38-23(42-24)22(21)36-20/h4,6-9,12-13,16H,5,10-11,14-15,17H2,1-3H3,(H,37,40). The Hall–Kier alpha value is -3.94. The molecule has 232 valence electrons. The van der Waals surface area contributed by atoms with Crippen molar-refractivity contribution in [2.24, 2.45) is 0 Å². The van der Waals surface area contributed by atoms with E-state index in [2.05, 4.69) is 20.5 Å². The van der Waals surface area contributed by atoms with Crippen LogP contribution in [-0.2, 0) is 34.3 Å². The maximum Gasteiger partial charge on any atom is 0.426 e. The summed E-state index contributed by atoms with van der Waals surface area (Å²) >= 11 is 0. The number of nitrogens with zero attached hydrogens (tertiary/aromatic N) is 3. The molecule has 0 aliphatic carbocycles. The summed E-state index contributed by atoms with van der Waals surface area (Å²) in [5, 5.41) is 9.59. The van der Waals surface area contributed by atoms with Gasteiger partial charge in [-0.3, -0.25) is 5.32 Å². The summed E-state index contributed by atoms with van der Waals surface area (Å²) in [6.45, 7) is 4.19. The molecule has 3 heterocycles. The molecular weight excluding hydrogens is 582 g/mol. The summed E-state index contributed by atoms with van der Waals surface area (Å²) in [4.78, 5) is 16.6. The van der Waals surface area contributed by atoms with Crippen molar-refractivity contribution < 1.29 is 45.0 Å². The summed E-state index contributed by atoms with van der Waals surface area (Å²) < 4.78 is 103. The minimum atomic E-state index is -5.03. The van der Waals surface area contributed by atoms with Crippen LogP contribution in [0.1, 0.15) is 69.2 Å². The first kappa shape index (κ1) is 32.0. The van der Waals surface area contributed by atoms with E-state index in [9.17, 15) is 31.1 Å². The number of pyridine rings is 1. The van der Waals surface area contributed by atoms with Gasteiger partial charge in [-0.05, 0) is 64.5 Å². The van der Waals surface area contributed by atoms with Crippen LogP contribution in [0.5, 0.6) is 0 Å². The Kier molecular flexibility index (Phi) is 9.19. The van der Waals surface area contributed by atoms with Crippen molar-refractivity contribution in [2.75, 3.05) is 5.32 Å². The number of aromatic nitrogens is 3. The third-order valence-electron chi connectivity index (χ3n) is 6.42. The number of rotatable bonds is 4. The van der Waals surface area contributed by atoms with Crippen LogP contribution in [0.15, 0.2) is 53.0 Å². The van der Waals surface area contributed by atoms with Gasteiger partial charge in [0.05, 0.1) is 23.6 Å². The molecule has 1 amide bonds. The summed E-state index contributed by atoms with van der Waals surface area (Å²) in [7, 11) is 0. The first-order chi connectivity index (χ1) is 20.1. The number of hydrogen-bond donors (Lipinski definition) is 1. The Morgan fingerprint density at radius 2 is 1.72 bits per heavy atom. The van der Waals surface area contributed by atoms with Crippen LogP contribution < -0.4 is 5.32 Å². The third kappa shape index (κ3) is 7.72. The molecular formula is C29H30F6N4O4. The van der Waals surface area contributed by atoms with E-state index in [4.69, 9.17) is 13.9 Å². The fourth-order valence-electron chi connectivity index (χ4n) is 4.42. The number of benzene rings is 1. The van der Waals surface area contributed by atoms with Crippen molar-refractivity contribution >= 4 is 11.8 Å². The van der Waals surface area contributed by atoms with E-state index in [1.807, 2.05) is 0 Å². The number of ether oxygens (including phenoxy) is 2. The molecule has 0 saturated carbocycles. The van der Waals surface area contributed by atoms with Gasteiger partial charge in [-0.1, -0.05) is 42.5 Å². The van der Waals surface area contributed by atoms with Gasteiger partial charge in [-0.15, -0.1) is 10.2 Å². The molecule has 8 nitrogen and oxygen atoms in total. The molecule has 0 fully saturated rings. The van der Waals surface area contributed by atoms with Gasteiger partial charge < -0.3 is 13.9 Å². The van der Waals surface area contributed by atoms with Crippen LogP contribution in [0, 0.1) is 0 Å². The van der Waals surface area contributed by atoms with Crippen LogP contribution in [0.25, 0.3) is 11.6 Å². The van der Waals surface area contributed by atoms with Gasteiger partial charge in [0.15, 0.2) is 5.69 Å². The Morgan fingerprint density at radius 3 is 2.37 bits per heavy atom. The van der Waals surface area contributed by atoms with Gasteiger partial charge in [0, 0.05) is 0 Å². The van der Waals surface area contributed by atoms with Gasteiger partial charge in [-0.25, -0.2) is 9.78 Å². The number of fused-ring (bicyclic) bond motifs is 5. The molecule has 1 N–H and O–H groups in total. The van der Waals surface area contributed by atoms with Crippen molar-refractivity contribution in [2.45, 2.75) is 83.0 Å². The van der Waals surface area contributed by atoms with Crippen LogP contribution in [0.4, 0.5) is 36.8 Å². The van der Waals surface area contributed by atoms with Crippen molar-refractivity contribution in [1.82, 2.24) is 15.2 Å². The lowest BCUT2D eigenvalue weighted by Crippen LogP contribution is -2.45. The predicted octanol–water partition coefficient (Wildman–Crippen LogP) is 8.14. The molecule has 43 heavy (non-hydrogen) atoms. The lowest BCUT2D eigenvalue weighted by molar-refractivity contribution is -0.299. The van der Waals surface area contributed by atoms with E-state index in [0.29, 0.717) is 11.6 Å². The number of anilines is 1. The molecule has 4 rings (SSSR count). The fraction of sp³-hybridized carbons (Fsp3) is 0.448. The van der Waals surface area contributed by atoms with E-state index in [-0.39, 0.29) is 25.7 Å². The van der Waals surface area contributed by atoms with E-state index < -0.39 is 77.1 Å². The molecule has 14 heteroatoms. The molecule has 1 aromatic carbocycles. The number of amides is 1. The zero-order chi connectivity index (χ0) is 31.5. The molecule has 0 saturated heterocycles. The lowest BCUT2D eigenvalue weighted by Gasteiger charge is -2.32. The predicted molar refractivity (Wildman–Crippen MR) is 143 cm³/mol. The third-order valence-corrected chi connectivity index (χ3v) is 6.42. The van der Waals surface area contributed by atoms with E-state index >= 15 is 0 Å². The molecule has 0 radical (unpaired) electrons. The lowest BCUT2D eigenvalue weighted by atomic mass is 9.95. The van der Waals surface area contributed by atoms with Crippen LogP contribution in [0.3, 0.4) is 0 Å². The smallest absolute Gasteiger partial charge is 0.426 e. The number of aryl methyl sites for hydroxylation is 1. The van der Waals surface area contributed by atoms with Gasteiger partial charge in [-0.2, -0.15) is 26.3 Å². The summed E-state index contributed by atoms with van der Waals surface area (Å²) in [5.41, 5.74) is -6.12. The van der Waals surface area contributed by atoms with E-state index in [1.54, 1.807) is 57.2 Å². The average molecular weight is 613 g/mol. The Bertz CT molecular complexity index is 1450.